The van der Waals surface area contributed by atoms with E-state index in [9.17, 15) is 4.79 Å². The van der Waals surface area contributed by atoms with Crippen molar-refractivity contribution in [2.24, 2.45) is 10.9 Å². The third-order valence-electron chi connectivity index (χ3n) is 1.94. The predicted octanol–water partition coefficient (Wildman–Crippen LogP) is 1.84. The number of hydrogen-bond acceptors (Lipinski definition) is 3. The Labute approximate surface area is 90.6 Å². The zero-order valence-corrected chi connectivity index (χ0v) is 9.01. The Kier molecular flexibility index (Phi) is 4.15. The van der Waals surface area contributed by atoms with Crippen LogP contribution in [-0.4, -0.2) is 31.1 Å². The summed E-state index contributed by atoms with van der Waals surface area (Å²) in [4.78, 5) is 17.1. The molecule has 1 atom stereocenters. The van der Waals surface area contributed by atoms with Crippen molar-refractivity contribution < 1.29 is 9.53 Å². The molecular formula is C10H14BN2O2. The van der Waals surface area contributed by atoms with E-state index >= 15 is 0 Å². The Morgan fingerprint density at radius 2 is 2.47 bits per heavy atom. The molecular weight excluding hydrogens is 191 g/mol. The molecule has 5 heteroatoms. The molecule has 0 N–H and O–H groups in total. The maximum atomic E-state index is 11.6. The highest BCUT2D eigenvalue weighted by Crippen LogP contribution is 2.06. The molecule has 4 nitrogen and oxygen atoms in total. The fraction of sp³-hybridized carbons (Fsp3) is 0.400. The topological polar surface area (TPSA) is 41.9 Å². The van der Waals surface area contributed by atoms with Crippen LogP contribution in [0.15, 0.2) is 29.6 Å². The molecule has 1 unspecified atom stereocenters. The van der Waals surface area contributed by atoms with Gasteiger partial charge in [0.2, 0.25) is 0 Å². The molecule has 0 aromatic heterocycles. The van der Waals surface area contributed by atoms with Crippen molar-refractivity contribution in [1.29, 1.82) is 0 Å². The average molecular weight is 205 g/mol. The van der Waals surface area contributed by atoms with Crippen LogP contribution >= 0.6 is 0 Å². The molecule has 0 bridgehead atoms. The van der Waals surface area contributed by atoms with Crippen molar-refractivity contribution in [3.8, 4) is 0 Å². The normalized spacial score (nSPS) is 24.7. The minimum absolute atomic E-state index is 0.185. The molecule has 0 saturated heterocycles. The van der Waals surface area contributed by atoms with Gasteiger partial charge in [-0.25, -0.2) is 4.79 Å². The number of hydrogen-bond donors (Lipinski definition) is 0. The van der Waals surface area contributed by atoms with Gasteiger partial charge in [0.25, 0.3) is 7.41 Å². The van der Waals surface area contributed by atoms with Crippen LogP contribution in [0.3, 0.4) is 0 Å². The zero-order chi connectivity index (χ0) is 11.3. The molecule has 79 valence electrons. The smallest absolute Gasteiger partial charge is 0.402 e. The third kappa shape index (κ3) is 3.62. The van der Waals surface area contributed by atoms with Gasteiger partial charge in [-0.05, 0) is 6.08 Å². The van der Waals surface area contributed by atoms with Crippen molar-refractivity contribution in [3.63, 3.8) is 0 Å². The molecule has 0 fully saturated rings. The lowest BCUT2D eigenvalue weighted by Crippen LogP contribution is -2.37. The summed E-state index contributed by atoms with van der Waals surface area (Å²) >= 11 is 0. The lowest BCUT2D eigenvalue weighted by Gasteiger charge is -2.22. The third-order valence-corrected chi connectivity index (χ3v) is 1.94. The van der Waals surface area contributed by atoms with Crippen LogP contribution in [0.4, 0.5) is 4.79 Å². The van der Waals surface area contributed by atoms with Gasteiger partial charge in [-0.15, -0.1) is 0 Å². The second kappa shape index (κ2) is 5.39. The molecule has 0 aliphatic carbocycles. The van der Waals surface area contributed by atoms with Gasteiger partial charge in [-0.2, -0.15) is 0 Å². The zero-order valence-electron chi connectivity index (χ0n) is 9.01. The van der Waals surface area contributed by atoms with E-state index in [2.05, 4.69) is 11.6 Å². The first-order chi connectivity index (χ1) is 7.13. The van der Waals surface area contributed by atoms with Gasteiger partial charge < -0.3 is 9.55 Å². The highest BCUT2D eigenvalue weighted by atomic mass is 16.6. The Balaban J connectivity index is 2.81. The number of cyclic esters (lactones) is 1. The van der Waals surface area contributed by atoms with E-state index in [1.54, 1.807) is 32.7 Å². The minimum Gasteiger partial charge on any atom is -0.412 e. The maximum Gasteiger partial charge on any atom is 0.402 e. The SMILES string of the molecule is C=C1/C=C\N=CC(C)CN([B]C)C(=O)O1. The number of aliphatic imine (C=N–C) groups is 1. The number of allylic oxidation sites excluding steroid dienone is 1. The summed E-state index contributed by atoms with van der Waals surface area (Å²) in [5.74, 6) is 0.475. The first-order valence-corrected chi connectivity index (χ1v) is 4.80. The van der Waals surface area contributed by atoms with Gasteiger partial charge in [0.15, 0.2) is 0 Å². The fourth-order valence-corrected chi connectivity index (χ4v) is 1.17. The quantitative estimate of drug-likeness (QED) is 0.613. The van der Waals surface area contributed by atoms with E-state index in [1.165, 1.54) is 4.81 Å². The number of rotatable bonds is 1. The first-order valence-electron chi connectivity index (χ1n) is 4.80. The van der Waals surface area contributed by atoms with Gasteiger partial charge in [0.05, 0.1) is 0 Å². The van der Waals surface area contributed by atoms with Crippen molar-refractivity contribution in [2.75, 3.05) is 6.54 Å². The summed E-state index contributed by atoms with van der Waals surface area (Å²) in [5.41, 5.74) is 0. The number of nitrogens with zero attached hydrogens (tertiary/aromatic N) is 2. The van der Waals surface area contributed by atoms with E-state index in [0.717, 1.165) is 0 Å². The Bertz CT molecular complexity index is 313. The summed E-state index contributed by atoms with van der Waals surface area (Å²) in [6, 6.07) is 0. The van der Waals surface area contributed by atoms with Gasteiger partial charge in [-0.1, -0.05) is 20.3 Å². The van der Waals surface area contributed by atoms with Gasteiger partial charge in [0.1, 0.15) is 5.76 Å². The number of amides is 1. The molecule has 1 aliphatic heterocycles. The minimum atomic E-state index is -0.408. The van der Waals surface area contributed by atoms with E-state index in [4.69, 9.17) is 4.74 Å². The molecule has 1 radical (unpaired) electrons. The van der Waals surface area contributed by atoms with Crippen LogP contribution in [0.2, 0.25) is 6.82 Å². The molecule has 0 aromatic rings. The van der Waals surface area contributed by atoms with Crippen LogP contribution < -0.4 is 0 Å². The van der Waals surface area contributed by atoms with Crippen LogP contribution in [0.5, 0.6) is 0 Å². The Morgan fingerprint density at radius 3 is 3.13 bits per heavy atom. The number of carbonyl (C=O) groups is 1. The summed E-state index contributed by atoms with van der Waals surface area (Å²) in [6.07, 6.45) is 4.51. The lowest BCUT2D eigenvalue weighted by atomic mass is 9.95. The monoisotopic (exact) mass is 205 g/mol. The van der Waals surface area contributed by atoms with Crippen molar-refractivity contribution in [1.82, 2.24) is 4.81 Å². The standard InChI is InChI=1S/C10H14BN2O2/c1-8-6-12-5-4-9(2)15-10(14)13(7-8)11-3/h4-6,8H,2,7H2,1,3H3/b5-4-,12-6?. The highest BCUT2D eigenvalue weighted by Gasteiger charge is 2.16. The van der Waals surface area contributed by atoms with Crippen LogP contribution in [0.1, 0.15) is 6.92 Å². The summed E-state index contributed by atoms with van der Waals surface area (Å²) in [6.45, 7) is 7.91. The Hall–Kier alpha value is -1.52. The van der Waals surface area contributed by atoms with Crippen LogP contribution in [0, 0.1) is 5.92 Å². The van der Waals surface area contributed by atoms with E-state index in [1.807, 2.05) is 6.92 Å². The van der Waals surface area contributed by atoms with Crippen molar-refractivity contribution in [2.45, 2.75) is 13.7 Å². The Morgan fingerprint density at radius 1 is 1.73 bits per heavy atom. The maximum absolute atomic E-state index is 11.6. The summed E-state index contributed by atoms with van der Waals surface area (Å²) < 4.78 is 4.98. The molecule has 15 heavy (non-hydrogen) atoms. The average Bonchev–Trinajstić information content (AvgIpc) is 2.20. The molecule has 1 rings (SSSR count). The second-order valence-corrected chi connectivity index (χ2v) is 3.34. The largest absolute Gasteiger partial charge is 0.412 e. The van der Waals surface area contributed by atoms with Gasteiger partial charge in [-0.3, -0.25) is 4.99 Å². The molecule has 0 saturated carbocycles. The van der Waals surface area contributed by atoms with Crippen molar-refractivity contribution in [3.05, 3.63) is 24.6 Å². The molecule has 1 aliphatic rings. The molecule has 0 spiro atoms. The van der Waals surface area contributed by atoms with Crippen LogP contribution in [-0.2, 0) is 4.74 Å². The van der Waals surface area contributed by atoms with Gasteiger partial charge >= 0.3 is 6.09 Å². The number of carbonyl (C=O) groups excluding carboxylic acids is 1. The fourth-order valence-electron chi connectivity index (χ4n) is 1.17. The first kappa shape index (κ1) is 11.6. The second-order valence-electron chi connectivity index (χ2n) is 3.34. The van der Waals surface area contributed by atoms with E-state index in [-0.39, 0.29) is 5.92 Å². The van der Waals surface area contributed by atoms with Crippen LogP contribution in [0.25, 0.3) is 0 Å². The summed E-state index contributed by atoms with van der Waals surface area (Å²) in [5, 5.41) is 0. The predicted molar refractivity (Wildman–Crippen MR) is 60.7 cm³/mol. The van der Waals surface area contributed by atoms with E-state index < -0.39 is 6.09 Å². The molecule has 1 heterocycles. The van der Waals surface area contributed by atoms with Gasteiger partial charge in [0, 0.05) is 24.9 Å². The lowest BCUT2D eigenvalue weighted by molar-refractivity contribution is 0.155. The number of ether oxygens (including phenoxy) is 1. The van der Waals surface area contributed by atoms with E-state index in [0.29, 0.717) is 12.3 Å². The van der Waals surface area contributed by atoms with Crippen molar-refractivity contribution >= 4 is 19.7 Å². The summed E-state index contributed by atoms with van der Waals surface area (Å²) in [7, 11) is 1.69. The molecule has 1 amide bonds. The molecule has 0 aromatic carbocycles. The highest BCUT2D eigenvalue weighted by molar-refractivity contribution is 6.34.